The van der Waals surface area contributed by atoms with Gasteiger partial charge in [0.1, 0.15) is 0 Å². The Balaban J connectivity index is 3.17. The lowest BCUT2D eigenvalue weighted by Crippen LogP contribution is -2.34. The Kier molecular flexibility index (Phi) is 3.43. The highest BCUT2D eigenvalue weighted by Crippen LogP contribution is 2.31. The maximum Gasteiger partial charge on any atom is 0.280 e. The molecule has 0 aliphatic rings. The van der Waals surface area contributed by atoms with Crippen LogP contribution in [0.1, 0.15) is 10.4 Å². The van der Waals surface area contributed by atoms with E-state index in [1.54, 1.807) is 18.2 Å². The van der Waals surface area contributed by atoms with E-state index in [0.717, 1.165) is 6.26 Å². The van der Waals surface area contributed by atoms with Crippen LogP contribution in [0.4, 0.5) is 0 Å². The molecule has 0 radical (unpaired) electrons. The van der Waals surface area contributed by atoms with Gasteiger partial charge in [0, 0.05) is 11.8 Å². The van der Waals surface area contributed by atoms with Crippen molar-refractivity contribution in [3.63, 3.8) is 0 Å². The molecule has 0 amide bonds. The highest BCUT2D eigenvalue weighted by atomic mass is 35.5. The smallest absolute Gasteiger partial charge is 0.280 e. The SMILES string of the molecule is CS(=O)(=O)C(Cl)(Cl)C(=O)c1ccccc1. The van der Waals surface area contributed by atoms with E-state index in [9.17, 15) is 13.2 Å². The summed E-state index contributed by atoms with van der Waals surface area (Å²) in [5, 5.41) is 0. The Morgan fingerprint density at radius 2 is 1.67 bits per heavy atom. The van der Waals surface area contributed by atoms with Gasteiger partial charge in [0.2, 0.25) is 5.78 Å². The first-order valence-corrected chi connectivity index (χ1v) is 6.59. The summed E-state index contributed by atoms with van der Waals surface area (Å²) < 4.78 is 19.9. The van der Waals surface area contributed by atoms with Crippen molar-refractivity contribution in [2.24, 2.45) is 0 Å². The van der Waals surface area contributed by atoms with E-state index >= 15 is 0 Å². The number of halogens is 2. The minimum Gasteiger partial charge on any atom is -0.290 e. The second-order valence-electron chi connectivity index (χ2n) is 2.98. The van der Waals surface area contributed by atoms with Crippen LogP contribution in [0, 0.1) is 0 Å². The molecule has 82 valence electrons. The second kappa shape index (κ2) is 4.12. The Morgan fingerprint density at radius 3 is 2.07 bits per heavy atom. The zero-order chi connectivity index (χ0) is 11.7. The third-order valence-electron chi connectivity index (χ3n) is 1.77. The van der Waals surface area contributed by atoms with Crippen LogP contribution in [0.15, 0.2) is 30.3 Å². The number of hydrogen-bond acceptors (Lipinski definition) is 3. The molecule has 0 N–H and O–H groups in total. The molecule has 0 saturated heterocycles. The van der Waals surface area contributed by atoms with Gasteiger partial charge in [-0.3, -0.25) is 4.79 Å². The molecule has 1 rings (SSSR count). The number of ketones is 1. The average Bonchev–Trinajstić information content (AvgIpc) is 2.16. The molecule has 0 aromatic heterocycles. The number of carbonyl (C=O) groups is 1. The van der Waals surface area contributed by atoms with Crippen LogP contribution >= 0.6 is 23.2 Å². The maximum atomic E-state index is 11.7. The lowest BCUT2D eigenvalue weighted by Gasteiger charge is -2.15. The Bertz CT molecular complexity index is 465. The molecule has 0 aliphatic heterocycles. The predicted octanol–water partition coefficient (Wildman–Crippen LogP) is 2.05. The molecule has 0 heterocycles. The van der Waals surface area contributed by atoms with Crippen molar-refractivity contribution < 1.29 is 13.2 Å². The van der Waals surface area contributed by atoms with E-state index in [1.807, 2.05) is 0 Å². The summed E-state index contributed by atoms with van der Waals surface area (Å²) in [6.45, 7) is 0. The first-order chi connectivity index (χ1) is 6.77. The molecule has 1 aromatic rings. The molecule has 6 heteroatoms. The summed E-state index contributed by atoms with van der Waals surface area (Å²) >= 11 is 11.1. The summed E-state index contributed by atoms with van der Waals surface area (Å²) in [7, 11) is -3.87. The molecule has 1 aromatic carbocycles. The van der Waals surface area contributed by atoms with Crippen LogP contribution in [0.5, 0.6) is 0 Å². The van der Waals surface area contributed by atoms with Crippen molar-refractivity contribution in [1.82, 2.24) is 0 Å². The van der Waals surface area contributed by atoms with Crippen LogP contribution in [0.25, 0.3) is 0 Å². The Morgan fingerprint density at radius 1 is 1.20 bits per heavy atom. The van der Waals surface area contributed by atoms with Gasteiger partial charge in [-0.15, -0.1) is 0 Å². The summed E-state index contributed by atoms with van der Waals surface area (Å²) in [5.74, 6) is -0.839. The molecule has 0 unspecified atom stereocenters. The van der Waals surface area contributed by atoms with Gasteiger partial charge >= 0.3 is 0 Å². The van der Waals surface area contributed by atoms with Gasteiger partial charge in [0.05, 0.1) is 0 Å². The molecule has 0 spiro atoms. The highest BCUT2D eigenvalue weighted by molar-refractivity contribution is 7.95. The zero-order valence-corrected chi connectivity index (χ0v) is 10.1. The van der Waals surface area contributed by atoms with Crippen molar-refractivity contribution in [2.45, 2.75) is 3.67 Å². The zero-order valence-electron chi connectivity index (χ0n) is 7.78. The topological polar surface area (TPSA) is 51.2 Å². The van der Waals surface area contributed by atoms with Crippen molar-refractivity contribution in [1.29, 1.82) is 0 Å². The lowest BCUT2D eigenvalue weighted by molar-refractivity contribution is 0.0996. The Hall–Kier alpha value is -0.580. The molecule has 3 nitrogen and oxygen atoms in total. The number of rotatable bonds is 3. The summed E-state index contributed by atoms with van der Waals surface area (Å²) in [5.41, 5.74) is 0.160. The number of Topliss-reactive ketones (excluding diaryl/α,β-unsaturated/α-hetero) is 1. The molecule has 0 aliphatic carbocycles. The van der Waals surface area contributed by atoms with Gasteiger partial charge in [-0.1, -0.05) is 53.5 Å². The molecule has 15 heavy (non-hydrogen) atoms. The van der Waals surface area contributed by atoms with Crippen molar-refractivity contribution >= 4 is 38.8 Å². The number of alkyl halides is 2. The second-order valence-corrected chi connectivity index (χ2v) is 6.92. The molecule has 0 fully saturated rings. The van der Waals surface area contributed by atoms with Gasteiger partial charge in [-0.25, -0.2) is 8.42 Å². The fourth-order valence-electron chi connectivity index (χ4n) is 0.926. The third-order valence-corrected chi connectivity index (χ3v) is 4.91. The summed E-state index contributed by atoms with van der Waals surface area (Å²) in [6.07, 6.45) is 0.813. The van der Waals surface area contributed by atoms with Gasteiger partial charge in [0.25, 0.3) is 3.67 Å². The first-order valence-electron chi connectivity index (χ1n) is 3.94. The number of hydrogen-bond donors (Lipinski definition) is 0. The van der Waals surface area contributed by atoms with E-state index in [2.05, 4.69) is 0 Å². The average molecular weight is 267 g/mol. The van der Waals surface area contributed by atoms with Crippen LogP contribution in [-0.2, 0) is 9.84 Å². The van der Waals surface area contributed by atoms with Gasteiger partial charge in [-0.2, -0.15) is 0 Å². The molecular weight excluding hydrogens is 259 g/mol. The van der Waals surface area contributed by atoms with Crippen molar-refractivity contribution in [2.75, 3.05) is 6.26 Å². The molecule has 0 saturated carbocycles. The van der Waals surface area contributed by atoms with E-state index in [4.69, 9.17) is 23.2 Å². The predicted molar refractivity (Wildman–Crippen MR) is 60.1 cm³/mol. The van der Waals surface area contributed by atoms with Gasteiger partial charge < -0.3 is 0 Å². The fraction of sp³-hybridized carbons (Fsp3) is 0.222. The normalized spacial score (nSPS) is 12.5. The first kappa shape index (κ1) is 12.5. The maximum absolute atomic E-state index is 11.7. The van der Waals surface area contributed by atoms with E-state index in [1.165, 1.54) is 12.1 Å². The van der Waals surface area contributed by atoms with E-state index in [0.29, 0.717) is 0 Å². The number of benzene rings is 1. The fourth-order valence-corrected chi connectivity index (χ4v) is 1.60. The third kappa shape index (κ3) is 2.51. The molecule has 0 bridgehead atoms. The van der Waals surface area contributed by atoms with Crippen LogP contribution in [0.2, 0.25) is 0 Å². The minimum atomic E-state index is -3.87. The van der Waals surface area contributed by atoms with E-state index < -0.39 is 19.3 Å². The van der Waals surface area contributed by atoms with Crippen LogP contribution in [-0.4, -0.2) is 24.1 Å². The highest BCUT2D eigenvalue weighted by Gasteiger charge is 2.44. The summed E-state index contributed by atoms with van der Waals surface area (Å²) in [4.78, 5) is 11.7. The monoisotopic (exact) mass is 266 g/mol. The Labute approximate surface area is 97.9 Å². The van der Waals surface area contributed by atoms with Gasteiger partial charge in [-0.05, 0) is 0 Å². The number of sulfone groups is 1. The van der Waals surface area contributed by atoms with Crippen molar-refractivity contribution in [3.8, 4) is 0 Å². The number of carbonyl (C=O) groups excluding carboxylic acids is 1. The van der Waals surface area contributed by atoms with Gasteiger partial charge in [0.15, 0.2) is 9.84 Å². The standard InChI is InChI=1S/C9H8Cl2O3S/c1-15(13,14)9(10,11)8(12)7-5-3-2-4-6-7/h2-6H,1H3. The van der Waals surface area contributed by atoms with Crippen LogP contribution in [0.3, 0.4) is 0 Å². The quantitative estimate of drug-likeness (QED) is 0.622. The molecular formula is C9H8Cl2O3S. The van der Waals surface area contributed by atoms with Crippen molar-refractivity contribution in [3.05, 3.63) is 35.9 Å². The molecule has 0 atom stereocenters. The summed E-state index contributed by atoms with van der Waals surface area (Å²) in [6, 6.07) is 7.79. The largest absolute Gasteiger partial charge is 0.290 e. The lowest BCUT2D eigenvalue weighted by atomic mass is 10.1. The van der Waals surface area contributed by atoms with Crippen LogP contribution < -0.4 is 0 Å². The minimum absolute atomic E-state index is 0.160. The van der Waals surface area contributed by atoms with E-state index in [-0.39, 0.29) is 5.56 Å².